The van der Waals surface area contributed by atoms with Crippen molar-refractivity contribution in [3.05, 3.63) is 66.7 Å². The molecule has 1 aliphatic rings. The van der Waals surface area contributed by atoms with E-state index < -0.39 is 21.3 Å². The number of hydrogen-bond acceptors (Lipinski definition) is 5. The van der Waals surface area contributed by atoms with E-state index in [0.29, 0.717) is 23.4 Å². The SMILES string of the molecule is C=C[C@@H]1C[C@@]1(C(=O)NS(=O)(=O)c1cc(COc2ccccc2)ccc1NC)C(C)C. The molecule has 2 N–H and O–H groups in total. The molecule has 1 aliphatic carbocycles. The molecule has 0 unspecified atom stereocenters. The molecule has 7 heteroatoms. The van der Waals surface area contributed by atoms with E-state index >= 15 is 0 Å². The first-order chi connectivity index (χ1) is 14.2. The fourth-order valence-electron chi connectivity index (χ4n) is 3.83. The van der Waals surface area contributed by atoms with Crippen molar-refractivity contribution in [3.8, 4) is 5.75 Å². The summed E-state index contributed by atoms with van der Waals surface area (Å²) in [6, 6.07) is 14.3. The summed E-state index contributed by atoms with van der Waals surface area (Å²) < 4.78 is 34.2. The number of sulfonamides is 1. The third-order valence-electron chi connectivity index (χ3n) is 5.78. The van der Waals surface area contributed by atoms with Gasteiger partial charge in [-0.2, -0.15) is 0 Å². The zero-order valence-electron chi connectivity index (χ0n) is 17.5. The van der Waals surface area contributed by atoms with Crippen molar-refractivity contribution in [2.24, 2.45) is 17.3 Å². The number of carbonyl (C=O) groups is 1. The van der Waals surface area contributed by atoms with Crippen LogP contribution in [0.2, 0.25) is 0 Å². The molecule has 3 rings (SSSR count). The maximum absolute atomic E-state index is 13.1. The minimum atomic E-state index is -4.07. The summed E-state index contributed by atoms with van der Waals surface area (Å²) in [5, 5.41) is 2.89. The molecule has 1 amide bonds. The number of anilines is 1. The van der Waals surface area contributed by atoms with Crippen LogP contribution < -0.4 is 14.8 Å². The van der Waals surface area contributed by atoms with Gasteiger partial charge in [0, 0.05) is 7.05 Å². The predicted molar refractivity (Wildman–Crippen MR) is 118 cm³/mol. The Balaban J connectivity index is 1.83. The van der Waals surface area contributed by atoms with Crippen LogP contribution in [0.1, 0.15) is 25.8 Å². The van der Waals surface area contributed by atoms with Gasteiger partial charge in [0.25, 0.3) is 10.0 Å². The highest BCUT2D eigenvalue weighted by atomic mass is 32.2. The first-order valence-electron chi connectivity index (χ1n) is 9.93. The van der Waals surface area contributed by atoms with Crippen LogP contribution in [0.15, 0.2) is 66.1 Å². The topological polar surface area (TPSA) is 84.5 Å². The molecule has 0 saturated heterocycles. The number of benzene rings is 2. The Morgan fingerprint density at radius 2 is 1.97 bits per heavy atom. The highest BCUT2D eigenvalue weighted by Crippen LogP contribution is 2.58. The average molecular weight is 429 g/mol. The number of allylic oxidation sites excluding steroid dienone is 1. The fraction of sp³-hybridized carbons (Fsp3) is 0.348. The minimum Gasteiger partial charge on any atom is -0.489 e. The largest absolute Gasteiger partial charge is 0.489 e. The van der Waals surface area contributed by atoms with Gasteiger partial charge in [0.05, 0.1) is 11.1 Å². The zero-order valence-corrected chi connectivity index (χ0v) is 18.3. The summed E-state index contributed by atoms with van der Waals surface area (Å²) in [6.45, 7) is 7.83. The van der Waals surface area contributed by atoms with Gasteiger partial charge in [0.2, 0.25) is 5.91 Å². The number of nitrogens with one attached hydrogen (secondary N) is 2. The number of ether oxygens (including phenoxy) is 1. The van der Waals surface area contributed by atoms with Gasteiger partial charge >= 0.3 is 0 Å². The Labute approximate surface area is 178 Å². The summed E-state index contributed by atoms with van der Waals surface area (Å²) >= 11 is 0. The molecule has 2 aromatic rings. The molecule has 0 heterocycles. The van der Waals surface area contributed by atoms with Crippen LogP contribution in [-0.2, 0) is 21.4 Å². The van der Waals surface area contributed by atoms with Gasteiger partial charge in [-0.3, -0.25) is 4.79 Å². The lowest BCUT2D eigenvalue weighted by Crippen LogP contribution is -2.40. The van der Waals surface area contributed by atoms with E-state index in [4.69, 9.17) is 4.74 Å². The highest BCUT2D eigenvalue weighted by molar-refractivity contribution is 7.90. The van der Waals surface area contributed by atoms with Crippen LogP contribution >= 0.6 is 0 Å². The maximum Gasteiger partial charge on any atom is 0.266 e. The standard InChI is InChI=1S/C23H28N2O4S/c1-5-18-14-23(18,16(2)3)22(26)25-30(27,28)21-13-17(11-12-20(21)24-4)15-29-19-9-7-6-8-10-19/h5-13,16,18,24H,1,14-15H2,2-4H3,(H,25,26)/t18-,23-/m1/s1. The summed E-state index contributed by atoms with van der Waals surface area (Å²) in [6.07, 6.45) is 2.34. The smallest absolute Gasteiger partial charge is 0.266 e. The van der Waals surface area contributed by atoms with Crippen molar-refractivity contribution in [1.29, 1.82) is 0 Å². The second-order valence-electron chi connectivity index (χ2n) is 7.86. The third kappa shape index (κ3) is 4.21. The summed E-state index contributed by atoms with van der Waals surface area (Å²) in [4.78, 5) is 13.0. The van der Waals surface area contributed by atoms with Crippen molar-refractivity contribution in [3.63, 3.8) is 0 Å². The molecule has 160 valence electrons. The van der Waals surface area contributed by atoms with E-state index in [1.165, 1.54) is 6.07 Å². The second kappa shape index (κ2) is 8.52. The van der Waals surface area contributed by atoms with Crippen LogP contribution in [0.25, 0.3) is 0 Å². The lowest BCUT2D eigenvalue weighted by molar-refractivity contribution is -0.126. The van der Waals surface area contributed by atoms with Crippen LogP contribution in [-0.4, -0.2) is 21.4 Å². The molecule has 0 spiro atoms. The van der Waals surface area contributed by atoms with Gasteiger partial charge in [-0.15, -0.1) is 6.58 Å². The molecule has 0 radical (unpaired) electrons. The number of amides is 1. The van der Waals surface area contributed by atoms with Crippen molar-refractivity contribution >= 4 is 21.6 Å². The number of hydrogen-bond donors (Lipinski definition) is 2. The molecule has 6 nitrogen and oxygen atoms in total. The van der Waals surface area contributed by atoms with Crippen LogP contribution in [0.4, 0.5) is 5.69 Å². The van der Waals surface area contributed by atoms with Gasteiger partial charge in [-0.25, -0.2) is 13.1 Å². The Bertz CT molecular complexity index is 1030. The second-order valence-corrected chi connectivity index (χ2v) is 9.51. The quantitative estimate of drug-likeness (QED) is 0.591. The molecule has 2 aromatic carbocycles. The normalized spacial score (nSPS) is 20.5. The van der Waals surface area contributed by atoms with Crippen LogP contribution in [0.3, 0.4) is 0 Å². The van der Waals surface area contributed by atoms with E-state index in [9.17, 15) is 13.2 Å². The van der Waals surface area contributed by atoms with Crippen molar-refractivity contribution in [1.82, 2.24) is 4.72 Å². The highest BCUT2D eigenvalue weighted by Gasteiger charge is 2.60. The number of rotatable bonds is 9. The summed E-state index contributed by atoms with van der Waals surface area (Å²) in [5.74, 6) is 0.207. The molecule has 0 bridgehead atoms. The fourth-order valence-corrected chi connectivity index (χ4v) is 5.14. The zero-order chi connectivity index (χ0) is 21.9. The number of para-hydroxylation sites is 1. The molecular formula is C23H28N2O4S. The van der Waals surface area contributed by atoms with Gasteiger partial charge < -0.3 is 10.1 Å². The molecule has 1 saturated carbocycles. The molecular weight excluding hydrogens is 400 g/mol. The van der Waals surface area contributed by atoms with E-state index in [2.05, 4.69) is 16.6 Å². The third-order valence-corrected chi connectivity index (χ3v) is 7.15. The van der Waals surface area contributed by atoms with E-state index in [1.54, 1.807) is 25.3 Å². The molecule has 0 aromatic heterocycles. The first kappa shape index (κ1) is 21.9. The monoisotopic (exact) mass is 428 g/mol. The Kier molecular flexibility index (Phi) is 6.22. The molecule has 0 aliphatic heterocycles. The van der Waals surface area contributed by atoms with E-state index in [1.807, 2.05) is 44.2 Å². The molecule has 2 atom stereocenters. The van der Waals surface area contributed by atoms with Crippen molar-refractivity contribution in [2.75, 3.05) is 12.4 Å². The lowest BCUT2D eigenvalue weighted by Gasteiger charge is -2.21. The van der Waals surface area contributed by atoms with Gasteiger partial charge in [-0.1, -0.05) is 44.2 Å². The average Bonchev–Trinajstić information content (AvgIpc) is 3.49. The Morgan fingerprint density at radius 3 is 2.53 bits per heavy atom. The number of carbonyl (C=O) groups excluding carboxylic acids is 1. The maximum atomic E-state index is 13.1. The minimum absolute atomic E-state index is 0.00470. The lowest BCUT2D eigenvalue weighted by atomic mass is 9.89. The van der Waals surface area contributed by atoms with Crippen molar-refractivity contribution in [2.45, 2.75) is 31.8 Å². The molecule has 30 heavy (non-hydrogen) atoms. The summed E-state index contributed by atoms with van der Waals surface area (Å²) in [7, 11) is -2.43. The first-order valence-corrected chi connectivity index (χ1v) is 11.4. The van der Waals surface area contributed by atoms with E-state index in [0.717, 1.165) is 0 Å². The van der Waals surface area contributed by atoms with Crippen molar-refractivity contribution < 1.29 is 17.9 Å². The van der Waals surface area contributed by atoms with Crippen LogP contribution in [0.5, 0.6) is 5.75 Å². The Morgan fingerprint density at radius 1 is 1.27 bits per heavy atom. The Hall–Kier alpha value is -2.80. The summed E-state index contributed by atoms with van der Waals surface area (Å²) in [5.41, 5.74) is 0.371. The van der Waals surface area contributed by atoms with E-state index in [-0.39, 0.29) is 23.3 Å². The van der Waals surface area contributed by atoms with Crippen LogP contribution in [0, 0.1) is 17.3 Å². The van der Waals surface area contributed by atoms with Gasteiger partial charge in [-0.05, 0) is 48.1 Å². The van der Waals surface area contributed by atoms with Gasteiger partial charge in [0.1, 0.15) is 17.3 Å². The predicted octanol–water partition coefficient (Wildman–Crippen LogP) is 3.96. The van der Waals surface area contributed by atoms with Gasteiger partial charge in [0.15, 0.2) is 0 Å². The molecule has 1 fully saturated rings.